The molecule has 0 saturated heterocycles. The Kier molecular flexibility index (Phi) is 5.62. The van der Waals surface area contributed by atoms with Gasteiger partial charge in [-0.05, 0) is 43.5 Å². The van der Waals surface area contributed by atoms with Crippen molar-refractivity contribution in [2.45, 2.75) is 53.2 Å². The van der Waals surface area contributed by atoms with Gasteiger partial charge in [-0.3, -0.25) is 4.68 Å². The monoisotopic (exact) mass is 288 g/mol. The SMILES string of the molecule is CCC(C)n1ccc(Cn2ccc(CNCC(C)C)c2)n1. The van der Waals surface area contributed by atoms with E-state index in [4.69, 9.17) is 0 Å². The number of nitrogens with zero attached hydrogens (tertiary/aromatic N) is 3. The molecule has 116 valence electrons. The van der Waals surface area contributed by atoms with Gasteiger partial charge in [-0.1, -0.05) is 20.8 Å². The van der Waals surface area contributed by atoms with Gasteiger partial charge in [-0.2, -0.15) is 5.10 Å². The summed E-state index contributed by atoms with van der Waals surface area (Å²) in [6.07, 6.45) is 7.53. The second kappa shape index (κ2) is 7.46. The summed E-state index contributed by atoms with van der Waals surface area (Å²) in [5.41, 5.74) is 2.45. The van der Waals surface area contributed by atoms with Gasteiger partial charge in [0.05, 0.1) is 12.2 Å². The Hall–Kier alpha value is -1.55. The Bertz CT molecular complexity index is 538. The molecule has 1 unspecified atom stereocenters. The summed E-state index contributed by atoms with van der Waals surface area (Å²) in [5, 5.41) is 8.12. The lowest BCUT2D eigenvalue weighted by atomic mass is 10.2. The van der Waals surface area contributed by atoms with E-state index in [2.05, 4.69) is 78.1 Å². The summed E-state index contributed by atoms with van der Waals surface area (Å²) < 4.78 is 4.26. The van der Waals surface area contributed by atoms with Crippen LogP contribution in [0.25, 0.3) is 0 Å². The molecular weight excluding hydrogens is 260 g/mol. The van der Waals surface area contributed by atoms with Gasteiger partial charge in [-0.25, -0.2) is 0 Å². The highest BCUT2D eigenvalue weighted by atomic mass is 15.3. The Morgan fingerprint density at radius 2 is 2.00 bits per heavy atom. The van der Waals surface area contributed by atoms with Crippen molar-refractivity contribution in [1.82, 2.24) is 19.7 Å². The van der Waals surface area contributed by atoms with E-state index in [0.717, 1.165) is 31.7 Å². The average molecular weight is 288 g/mol. The van der Waals surface area contributed by atoms with E-state index in [1.807, 2.05) is 0 Å². The third-order valence-corrected chi connectivity index (χ3v) is 3.74. The van der Waals surface area contributed by atoms with E-state index in [1.54, 1.807) is 0 Å². The van der Waals surface area contributed by atoms with Crippen molar-refractivity contribution in [3.63, 3.8) is 0 Å². The van der Waals surface area contributed by atoms with Crippen LogP contribution in [-0.4, -0.2) is 20.9 Å². The molecule has 0 bridgehead atoms. The van der Waals surface area contributed by atoms with Gasteiger partial charge in [0, 0.05) is 31.2 Å². The maximum atomic E-state index is 4.65. The fourth-order valence-corrected chi connectivity index (χ4v) is 2.28. The first kappa shape index (κ1) is 15.8. The van der Waals surface area contributed by atoms with Crippen LogP contribution in [0.3, 0.4) is 0 Å². The van der Waals surface area contributed by atoms with Gasteiger partial charge in [0.1, 0.15) is 0 Å². The lowest BCUT2D eigenvalue weighted by Gasteiger charge is -2.08. The fourth-order valence-electron chi connectivity index (χ4n) is 2.28. The van der Waals surface area contributed by atoms with Crippen LogP contribution >= 0.6 is 0 Å². The molecule has 2 aromatic heterocycles. The maximum absolute atomic E-state index is 4.65. The van der Waals surface area contributed by atoms with E-state index in [0.29, 0.717) is 12.0 Å². The minimum Gasteiger partial charge on any atom is -0.348 e. The molecule has 0 radical (unpaired) electrons. The third-order valence-electron chi connectivity index (χ3n) is 3.74. The quantitative estimate of drug-likeness (QED) is 0.807. The van der Waals surface area contributed by atoms with Gasteiger partial charge >= 0.3 is 0 Å². The molecule has 4 heteroatoms. The summed E-state index contributed by atoms with van der Waals surface area (Å²) in [4.78, 5) is 0. The molecule has 2 rings (SSSR count). The number of hydrogen-bond donors (Lipinski definition) is 1. The van der Waals surface area contributed by atoms with E-state index < -0.39 is 0 Å². The van der Waals surface area contributed by atoms with Crippen LogP contribution in [0.5, 0.6) is 0 Å². The smallest absolute Gasteiger partial charge is 0.0821 e. The van der Waals surface area contributed by atoms with Crippen LogP contribution in [0, 0.1) is 5.92 Å². The minimum atomic E-state index is 0.471. The largest absolute Gasteiger partial charge is 0.348 e. The van der Waals surface area contributed by atoms with Crippen molar-refractivity contribution in [2.24, 2.45) is 5.92 Å². The Balaban J connectivity index is 1.88. The summed E-state index contributed by atoms with van der Waals surface area (Å²) in [6, 6.07) is 4.76. The molecule has 0 aromatic carbocycles. The number of rotatable bonds is 8. The van der Waals surface area contributed by atoms with Crippen molar-refractivity contribution in [3.8, 4) is 0 Å². The van der Waals surface area contributed by atoms with Crippen LogP contribution in [0.2, 0.25) is 0 Å². The second-order valence-corrected chi connectivity index (χ2v) is 6.26. The normalized spacial score (nSPS) is 13.0. The molecule has 21 heavy (non-hydrogen) atoms. The zero-order chi connectivity index (χ0) is 15.2. The Morgan fingerprint density at radius 1 is 1.19 bits per heavy atom. The molecular formula is C17H28N4. The first-order valence-electron chi connectivity index (χ1n) is 7.98. The topological polar surface area (TPSA) is 34.8 Å². The standard InChI is InChI=1S/C17H28N4/c1-5-15(4)21-9-7-17(19-21)13-20-8-6-16(12-20)11-18-10-14(2)3/h6-9,12,14-15,18H,5,10-11,13H2,1-4H3. The zero-order valence-corrected chi connectivity index (χ0v) is 13.7. The van der Waals surface area contributed by atoms with Gasteiger partial charge in [-0.15, -0.1) is 0 Å². The van der Waals surface area contributed by atoms with E-state index in [9.17, 15) is 0 Å². The highest BCUT2D eigenvalue weighted by molar-refractivity contribution is 5.12. The summed E-state index contributed by atoms with van der Waals surface area (Å²) in [7, 11) is 0. The van der Waals surface area contributed by atoms with Crippen molar-refractivity contribution < 1.29 is 0 Å². The molecule has 0 spiro atoms. The van der Waals surface area contributed by atoms with Crippen LogP contribution < -0.4 is 5.32 Å². The zero-order valence-electron chi connectivity index (χ0n) is 13.7. The molecule has 0 aliphatic carbocycles. The molecule has 0 aliphatic rings. The van der Waals surface area contributed by atoms with Gasteiger partial charge < -0.3 is 9.88 Å². The van der Waals surface area contributed by atoms with Crippen molar-refractivity contribution >= 4 is 0 Å². The van der Waals surface area contributed by atoms with Gasteiger partial charge in [0.2, 0.25) is 0 Å². The maximum Gasteiger partial charge on any atom is 0.0821 e. The predicted octanol–water partition coefficient (Wildman–Crippen LogP) is 3.45. The molecule has 0 amide bonds. The van der Waals surface area contributed by atoms with Crippen molar-refractivity contribution in [1.29, 1.82) is 0 Å². The van der Waals surface area contributed by atoms with Crippen molar-refractivity contribution in [2.75, 3.05) is 6.54 Å². The van der Waals surface area contributed by atoms with Gasteiger partial charge in [0.25, 0.3) is 0 Å². The minimum absolute atomic E-state index is 0.471. The third kappa shape index (κ3) is 4.74. The summed E-state index contributed by atoms with van der Waals surface area (Å²) in [5.74, 6) is 0.691. The molecule has 0 fully saturated rings. The lowest BCUT2D eigenvalue weighted by Crippen LogP contribution is -2.18. The van der Waals surface area contributed by atoms with Crippen LogP contribution in [0.15, 0.2) is 30.7 Å². The molecule has 2 heterocycles. The molecule has 4 nitrogen and oxygen atoms in total. The highest BCUT2D eigenvalue weighted by Crippen LogP contribution is 2.11. The first-order valence-corrected chi connectivity index (χ1v) is 7.98. The van der Waals surface area contributed by atoms with E-state index in [1.165, 1.54) is 5.56 Å². The molecule has 0 saturated carbocycles. The summed E-state index contributed by atoms with van der Waals surface area (Å²) >= 11 is 0. The molecule has 1 atom stereocenters. The highest BCUT2D eigenvalue weighted by Gasteiger charge is 2.05. The molecule has 0 aliphatic heterocycles. The van der Waals surface area contributed by atoms with Crippen LogP contribution in [0.1, 0.15) is 51.4 Å². The second-order valence-electron chi connectivity index (χ2n) is 6.26. The van der Waals surface area contributed by atoms with Crippen LogP contribution in [0.4, 0.5) is 0 Å². The first-order chi connectivity index (χ1) is 10.1. The average Bonchev–Trinajstić information content (AvgIpc) is 3.08. The predicted molar refractivity (Wildman–Crippen MR) is 87.3 cm³/mol. The molecule has 1 N–H and O–H groups in total. The number of nitrogens with one attached hydrogen (secondary N) is 1. The van der Waals surface area contributed by atoms with Crippen molar-refractivity contribution in [3.05, 3.63) is 42.0 Å². The van der Waals surface area contributed by atoms with E-state index in [-0.39, 0.29) is 0 Å². The summed E-state index contributed by atoms with van der Waals surface area (Å²) in [6.45, 7) is 11.7. The molecule has 2 aromatic rings. The Labute approximate surface area is 128 Å². The number of hydrogen-bond acceptors (Lipinski definition) is 2. The Morgan fingerprint density at radius 3 is 2.71 bits per heavy atom. The lowest BCUT2D eigenvalue weighted by molar-refractivity contribution is 0.472. The van der Waals surface area contributed by atoms with Gasteiger partial charge in [0.15, 0.2) is 0 Å². The number of aromatic nitrogens is 3. The van der Waals surface area contributed by atoms with Crippen LogP contribution in [-0.2, 0) is 13.1 Å². The van der Waals surface area contributed by atoms with E-state index >= 15 is 0 Å². The fraction of sp³-hybridized carbons (Fsp3) is 0.588.